The Bertz CT molecular complexity index is 549. The van der Waals surface area contributed by atoms with Crippen LogP contribution in [0.5, 0.6) is 0 Å². The third-order valence-electron chi connectivity index (χ3n) is 4.46. The summed E-state index contributed by atoms with van der Waals surface area (Å²) in [5.74, 6) is 0.760. The van der Waals surface area contributed by atoms with Gasteiger partial charge in [0.05, 0.1) is 31.9 Å². The fraction of sp³-hybridized carbons (Fsp3) is 0.562. The van der Waals surface area contributed by atoms with Gasteiger partial charge in [-0.2, -0.15) is 0 Å². The van der Waals surface area contributed by atoms with Gasteiger partial charge < -0.3 is 9.80 Å². The Balaban J connectivity index is 1.68. The van der Waals surface area contributed by atoms with E-state index in [0.29, 0.717) is 15.8 Å². The van der Waals surface area contributed by atoms with Crippen LogP contribution < -0.4 is 4.90 Å². The Kier molecular flexibility index (Phi) is 5.55. The summed E-state index contributed by atoms with van der Waals surface area (Å²) in [6.07, 6.45) is 3.97. The average molecular weight is 360 g/mol. The molecule has 1 aromatic carbocycles. The van der Waals surface area contributed by atoms with Gasteiger partial charge in [-0.1, -0.05) is 29.3 Å². The molecule has 2 saturated heterocycles. The molecule has 3 nitrogen and oxygen atoms in total. The van der Waals surface area contributed by atoms with Crippen molar-refractivity contribution in [3.63, 3.8) is 0 Å². The molecule has 6 heteroatoms. The first kappa shape index (κ1) is 16.4. The second-order valence-electron chi connectivity index (χ2n) is 5.98. The number of thioether (sulfide) groups is 1. The number of hydrogen-bond donors (Lipinski definition) is 1. The van der Waals surface area contributed by atoms with Gasteiger partial charge in [-0.3, -0.25) is 4.79 Å². The summed E-state index contributed by atoms with van der Waals surface area (Å²) >= 11 is 14.0. The molecule has 0 unspecified atom stereocenters. The van der Waals surface area contributed by atoms with Gasteiger partial charge in [-0.05, 0) is 31.4 Å². The average Bonchev–Trinajstić information content (AvgIpc) is 2.87. The van der Waals surface area contributed by atoms with Crippen LogP contribution in [0, 0.1) is 0 Å². The fourth-order valence-corrected chi connectivity index (χ4v) is 5.07. The number of amides is 1. The van der Waals surface area contributed by atoms with E-state index in [1.807, 2.05) is 17.0 Å². The van der Waals surface area contributed by atoms with E-state index in [9.17, 15) is 4.79 Å². The van der Waals surface area contributed by atoms with Gasteiger partial charge in [0.25, 0.3) is 0 Å². The highest BCUT2D eigenvalue weighted by atomic mass is 35.5. The summed E-state index contributed by atoms with van der Waals surface area (Å²) in [6, 6.07) is 5.55. The number of hydrogen-bond acceptors (Lipinski definition) is 2. The van der Waals surface area contributed by atoms with Crippen LogP contribution in [0.3, 0.4) is 0 Å². The van der Waals surface area contributed by atoms with E-state index in [-0.39, 0.29) is 11.3 Å². The van der Waals surface area contributed by atoms with Crippen molar-refractivity contribution in [2.24, 2.45) is 0 Å². The molecular weight excluding hydrogens is 339 g/mol. The van der Waals surface area contributed by atoms with Crippen LogP contribution >= 0.6 is 35.0 Å². The molecule has 2 fully saturated rings. The number of benzene rings is 1. The predicted molar refractivity (Wildman–Crippen MR) is 92.8 cm³/mol. The lowest BCUT2D eigenvalue weighted by atomic mass is 10.1. The smallest absolute Gasteiger partial charge is 0.234 e. The largest absolute Gasteiger partial charge is 0.333 e. The molecule has 1 aromatic rings. The van der Waals surface area contributed by atoms with Crippen LogP contribution in [-0.4, -0.2) is 42.7 Å². The number of carbonyl (C=O) groups excluding carboxylic acids is 1. The molecule has 1 amide bonds. The van der Waals surface area contributed by atoms with Crippen molar-refractivity contribution in [2.75, 3.05) is 31.9 Å². The Morgan fingerprint density at radius 1 is 1.23 bits per heavy atom. The van der Waals surface area contributed by atoms with E-state index in [0.717, 1.165) is 18.7 Å². The monoisotopic (exact) mass is 359 g/mol. The Labute approximate surface area is 145 Å². The molecule has 2 aliphatic heterocycles. The molecule has 0 radical (unpaired) electrons. The molecule has 2 aliphatic rings. The normalized spacial score (nSPS) is 23.3. The lowest BCUT2D eigenvalue weighted by molar-refractivity contribution is -0.904. The lowest BCUT2D eigenvalue weighted by Gasteiger charge is -2.29. The highest BCUT2D eigenvalue weighted by Gasteiger charge is 2.34. The molecule has 0 aromatic heterocycles. The Hall–Kier alpha value is -0.420. The maximum atomic E-state index is 12.2. The topological polar surface area (TPSA) is 24.8 Å². The number of quaternary nitrogens is 1. The molecule has 1 N–H and O–H groups in total. The molecule has 120 valence electrons. The Morgan fingerprint density at radius 3 is 2.73 bits per heavy atom. The van der Waals surface area contributed by atoms with Gasteiger partial charge in [0, 0.05) is 15.6 Å². The first-order valence-electron chi connectivity index (χ1n) is 7.85. The lowest BCUT2D eigenvalue weighted by Crippen LogP contribution is -3.13. The van der Waals surface area contributed by atoms with Crippen molar-refractivity contribution in [2.45, 2.75) is 24.6 Å². The van der Waals surface area contributed by atoms with Gasteiger partial charge in [-0.15, -0.1) is 11.8 Å². The summed E-state index contributed by atoms with van der Waals surface area (Å²) < 4.78 is 0. The van der Waals surface area contributed by atoms with Crippen LogP contribution in [-0.2, 0) is 4.79 Å². The van der Waals surface area contributed by atoms with Crippen LogP contribution in [0.4, 0.5) is 0 Å². The molecule has 22 heavy (non-hydrogen) atoms. The summed E-state index contributed by atoms with van der Waals surface area (Å²) in [5.41, 5.74) is 0.996. The standard InChI is InChI=1S/C16H20Cl2N2OS/c17-12-4-5-13(14(18)10-12)16-20(15(21)11-22-16)9-8-19-6-2-1-3-7-19/h4-5,10,16H,1-3,6-9,11H2/p+1/t16-/m1/s1. The van der Waals surface area contributed by atoms with Crippen molar-refractivity contribution in [1.29, 1.82) is 0 Å². The molecular formula is C16H21Cl2N2OS+. The minimum Gasteiger partial charge on any atom is -0.333 e. The van der Waals surface area contributed by atoms with E-state index in [1.54, 1.807) is 22.7 Å². The van der Waals surface area contributed by atoms with Crippen LogP contribution in [0.25, 0.3) is 0 Å². The summed E-state index contributed by atoms with van der Waals surface area (Å²) in [4.78, 5) is 15.8. The molecule has 0 bridgehead atoms. The maximum absolute atomic E-state index is 12.2. The number of rotatable bonds is 4. The summed E-state index contributed by atoms with van der Waals surface area (Å²) in [6.45, 7) is 4.32. The van der Waals surface area contributed by atoms with Gasteiger partial charge in [-0.25, -0.2) is 0 Å². The van der Waals surface area contributed by atoms with Crippen LogP contribution in [0.2, 0.25) is 10.0 Å². The minimum atomic E-state index is 0.0291. The zero-order valence-corrected chi connectivity index (χ0v) is 14.8. The first-order valence-corrected chi connectivity index (χ1v) is 9.65. The van der Waals surface area contributed by atoms with Crippen molar-refractivity contribution >= 4 is 40.9 Å². The quantitative estimate of drug-likeness (QED) is 0.893. The van der Waals surface area contributed by atoms with E-state index in [1.165, 1.54) is 32.4 Å². The number of halogens is 2. The van der Waals surface area contributed by atoms with Crippen molar-refractivity contribution < 1.29 is 9.69 Å². The van der Waals surface area contributed by atoms with Gasteiger partial charge in [0.15, 0.2) is 0 Å². The zero-order chi connectivity index (χ0) is 15.5. The molecule has 0 aliphatic carbocycles. The van der Waals surface area contributed by atoms with Gasteiger partial charge in [0.1, 0.15) is 5.37 Å². The van der Waals surface area contributed by atoms with E-state index in [4.69, 9.17) is 23.2 Å². The predicted octanol–water partition coefficient (Wildman–Crippen LogP) is 2.64. The van der Waals surface area contributed by atoms with Crippen molar-refractivity contribution in [3.05, 3.63) is 33.8 Å². The minimum absolute atomic E-state index is 0.0291. The number of carbonyl (C=O) groups is 1. The van der Waals surface area contributed by atoms with Crippen LogP contribution in [0.1, 0.15) is 30.2 Å². The van der Waals surface area contributed by atoms with Gasteiger partial charge >= 0.3 is 0 Å². The third-order valence-corrected chi connectivity index (χ3v) is 6.26. The molecule has 0 spiro atoms. The second-order valence-corrected chi connectivity index (χ2v) is 7.89. The van der Waals surface area contributed by atoms with Crippen molar-refractivity contribution in [3.8, 4) is 0 Å². The molecule has 2 heterocycles. The van der Waals surface area contributed by atoms with Gasteiger partial charge in [0.2, 0.25) is 5.91 Å². The fourth-order valence-electron chi connectivity index (χ4n) is 3.24. The third kappa shape index (κ3) is 3.73. The van der Waals surface area contributed by atoms with Crippen LogP contribution in [0.15, 0.2) is 18.2 Å². The number of nitrogens with zero attached hydrogens (tertiary/aromatic N) is 1. The van der Waals surface area contributed by atoms with E-state index in [2.05, 4.69) is 0 Å². The molecule has 0 saturated carbocycles. The first-order chi connectivity index (χ1) is 10.6. The second kappa shape index (κ2) is 7.43. The highest BCUT2D eigenvalue weighted by Crippen LogP contribution is 2.41. The maximum Gasteiger partial charge on any atom is 0.234 e. The number of piperidine rings is 1. The number of nitrogens with one attached hydrogen (secondary N) is 1. The number of likely N-dealkylation sites (tertiary alicyclic amines) is 1. The van der Waals surface area contributed by atoms with E-state index < -0.39 is 0 Å². The summed E-state index contributed by atoms with van der Waals surface area (Å²) in [5, 5.41) is 1.31. The highest BCUT2D eigenvalue weighted by molar-refractivity contribution is 8.00. The molecule has 3 rings (SSSR count). The Morgan fingerprint density at radius 2 is 2.00 bits per heavy atom. The molecule has 1 atom stereocenters. The zero-order valence-electron chi connectivity index (χ0n) is 12.5. The van der Waals surface area contributed by atoms with E-state index >= 15 is 0 Å². The van der Waals surface area contributed by atoms with Crippen molar-refractivity contribution in [1.82, 2.24) is 4.90 Å². The SMILES string of the molecule is O=C1CS[C@H](c2ccc(Cl)cc2Cl)N1CC[NH+]1CCCCC1. The summed E-state index contributed by atoms with van der Waals surface area (Å²) in [7, 11) is 0.